The van der Waals surface area contributed by atoms with Crippen LogP contribution in [0.5, 0.6) is 0 Å². The van der Waals surface area contributed by atoms with Crippen molar-refractivity contribution in [3.05, 3.63) is 87.4 Å². The number of nitrogens with zero attached hydrogens (tertiary/aromatic N) is 3. The molecule has 3 rings (SSSR count). The van der Waals surface area contributed by atoms with Gasteiger partial charge < -0.3 is 15.1 Å². The van der Waals surface area contributed by atoms with Crippen molar-refractivity contribution in [2.45, 2.75) is 33.4 Å². The Labute approximate surface area is 203 Å². The number of hydrogen-bond acceptors (Lipinski definition) is 4. The lowest BCUT2D eigenvalue weighted by atomic mass is 10.2. The Hall–Kier alpha value is -3.70. The van der Waals surface area contributed by atoms with Crippen molar-refractivity contribution < 1.29 is 14.0 Å². The lowest BCUT2D eigenvalue weighted by molar-refractivity contribution is -0.133. The molecule has 0 aliphatic carbocycles. The molecule has 0 fully saturated rings. The van der Waals surface area contributed by atoms with Gasteiger partial charge in [0.2, 0.25) is 5.91 Å². The van der Waals surface area contributed by atoms with Crippen LogP contribution in [0.1, 0.15) is 34.9 Å². The third kappa shape index (κ3) is 6.90. The highest BCUT2D eigenvalue weighted by molar-refractivity contribution is 7.10. The molecule has 0 bridgehead atoms. The average Bonchev–Trinajstić information content (AvgIpc) is 3.24. The Morgan fingerprint density at radius 1 is 1.09 bits per heavy atom. The molecule has 0 spiro atoms. The van der Waals surface area contributed by atoms with Gasteiger partial charge in [-0.15, -0.1) is 11.3 Å². The number of urea groups is 1. The largest absolute Gasteiger partial charge is 0.332 e. The van der Waals surface area contributed by atoms with E-state index in [9.17, 15) is 14.0 Å². The molecule has 34 heavy (non-hydrogen) atoms. The quantitative estimate of drug-likeness (QED) is 0.439. The zero-order valence-electron chi connectivity index (χ0n) is 19.3. The number of halogens is 1. The fourth-order valence-corrected chi connectivity index (χ4v) is 4.36. The SMILES string of the molecule is CCCN(CC(=O)N(Cc1ccc(F)cc1)Cc1sccc1C)C(=O)Nc1cccc(C#N)c1. The maximum Gasteiger partial charge on any atom is 0.322 e. The topological polar surface area (TPSA) is 76.4 Å². The third-order valence-corrected chi connectivity index (χ3v) is 6.30. The number of benzene rings is 2. The molecule has 2 aromatic carbocycles. The minimum atomic E-state index is -0.403. The summed E-state index contributed by atoms with van der Waals surface area (Å²) in [6, 6.07) is 16.4. The molecule has 0 radical (unpaired) electrons. The van der Waals surface area contributed by atoms with Gasteiger partial charge in [0.1, 0.15) is 12.4 Å². The predicted molar refractivity (Wildman–Crippen MR) is 132 cm³/mol. The summed E-state index contributed by atoms with van der Waals surface area (Å²) in [5.74, 6) is -0.534. The van der Waals surface area contributed by atoms with Gasteiger partial charge in [-0.2, -0.15) is 5.26 Å². The van der Waals surface area contributed by atoms with Crippen molar-refractivity contribution in [2.75, 3.05) is 18.4 Å². The Kier molecular flexibility index (Phi) is 8.77. The summed E-state index contributed by atoms with van der Waals surface area (Å²) in [7, 11) is 0. The monoisotopic (exact) mass is 478 g/mol. The van der Waals surface area contributed by atoms with Crippen molar-refractivity contribution in [1.82, 2.24) is 9.80 Å². The molecule has 176 valence electrons. The summed E-state index contributed by atoms with van der Waals surface area (Å²) in [6.45, 7) is 4.96. The number of hydrogen-bond donors (Lipinski definition) is 1. The third-order valence-electron chi connectivity index (χ3n) is 5.29. The summed E-state index contributed by atoms with van der Waals surface area (Å²) >= 11 is 1.58. The van der Waals surface area contributed by atoms with E-state index in [1.54, 1.807) is 52.6 Å². The molecule has 0 saturated carbocycles. The summed E-state index contributed by atoms with van der Waals surface area (Å²) in [5, 5.41) is 13.9. The molecule has 0 unspecified atom stereocenters. The van der Waals surface area contributed by atoms with Crippen molar-refractivity contribution in [3.63, 3.8) is 0 Å². The van der Waals surface area contributed by atoms with E-state index in [1.807, 2.05) is 31.4 Å². The summed E-state index contributed by atoms with van der Waals surface area (Å²) in [6.07, 6.45) is 0.681. The molecule has 8 heteroatoms. The first-order valence-corrected chi connectivity index (χ1v) is 11.9. The van der Waals surface area contributed by atoms with E-state index in [-0.39, 0.29) is 18.3 Å². The maximum atomic E-state index is 13.4. The second-order valence-corrected chi connectivity index (χ2v) is 8.95. The van der Waals surface area contributed by atoms with Gasteiger partial charge in [0.05, 0.1) is 18.2 Å². The number of aryl methyl sites for hydroxylation is 1. The molecule has 0 aliphatic heterocycles. The second-order valence-electron chi connectivity index (χ2n) is 7.95. The van der Waals surface area contributed by atoms with E-state index in [1.165, 1.54) is 17.0 Å². The normalized spacial score (nSPS) is 10.4. The zero-order valence-corrected chi connectivity index (χ0v) is 20.1. The van der Waals surface area contributed by atoms with Gasteiger partial charge in [-0.25, -0.2) is 9.18 Å². The fourth-order valence-electron chi connectivity index (χ4n) is 3.44. The van der Waals surface area contributed by atoms with E-state index < -0.39 is 6.03 Å². The van der Waals surface area contributed by atoms with E-state index in [0.29, 0.717) is 37.3 Å². The number of nitrogens with one attached hydrogen (secondary N) is 1. The van der Waals surface area contributed by atoms with Crippen LogP contribution < -0.4 is 5.32 Å². The van der Waals surface area contributed by atoms with Gasteiger partial charge in [-0.3, -0.25) is 4.79 Å². The van der Waals surface area contributed by atoms with Crippen LogP contribution in [0.25, 0.3) is 0 Å². The van der Waals surface area contributed by atoms with Gasteiger partial charge in [0.15, 0.2) is 0 Å². The molecule has 0 atom stereocenters. The first-order chi connectivity index (χ1) is 16.4. The highest BCUT2D eigenvalue weighted by atomic mass is 32.1. The van der Waals surface area contributed by atoms with Gasteiger partial charge in [-0.05, 0) is 66.2 Å². The Morgan fingerprint density at radius 2 is 1.85 bits per heavy atom. The van der Waals surface area contributed by atoms with E-state index >= 15 is 0 Å². The number of thiophene rings is 1. The average molecular weight is 479 g/mol. The summed E-state index contributed by atoms with van der Waals surface area (Å²) in [4.78, 5) is 30.6. The van der Waals surface area contributed by atoms with Crippen LogP contribution >= 0.6 is 11.3 Å². The van der Waals surface area contributed by atoms with Gasteiger partial charge in [0, 0.05) is 23.7 Å². The van der Waals surface area contributed by atoms with Gasteiger partial charge in [-0.1, -0.05) is 25.1 Å². The van der Waals surface area contributed by atoms with Crippen LogP contribution in [0.15, 0.2) is 60.0 Å². The fraction of sp³-hybridized carbons (Fsp3) is 0.269. The first kappa shape index (κ1) is 24.9. The number of amides is 3. The maximum absolute atomic E-state index is 13.4. The molecule has 1 N–H and O–H groups in total. The summed E-state index contributed by atoms with van der Waals surface area (Å²) < 4.78 is 13.4. The Bertz CT molecular complexity index is 1170. The van der Waals surface area contributed by atoms with Crippen LogP contribution in [-0.2, 0) is 17.9 Å². The zero-order chi connectivity index (χ0) is 24.5. The van der Waals surface area contributed by atoms with E-state index in [0.717, 1.165) is 16.0 Å². The number of nitriles is 1. The lowest BCUT2D eigenvalue weighted by Crippen LogP contribution is -2.44. The molecule has 6 nitrogen and oxygen atoms in total. The highest BCUT2D eigenvalue weighted by Crippen LogP contribution is 2.20. The van der Waals surface area contributed by atoms with Crippen LogP contribution in [0.4, 0.5) is 14.9 Å². The predicted octanol–water partition coefficient (Wildman–Crippen LogP) is 5.54. The minimum absolute atomic E-state index is 0.0940. The molecule has 0 aliphatic rings. The van der Waals surface area contributed by atoms with Gasteiger partial charge in [0.25, 0.3) is 0 Å². The smallest absolute Gasteiger partial charge is 0.322 e. The lowest BCUT2D eigenvalue weighted by Gasteiger charge is -2.28. The molecule has 3 aromatic rings. The molecule has 1 heterocycles. The Balaban J connectivity index is 1.76. The molecular weight excluding hydrogens is 451 g/mol. The number of carbonyl (C=O) groups is 2. The van der Waals surface area contributed by atoms with E-state index in [2.05, 4.69) is 5.32 Å². The minimum Gasteiger partial charge on any atom is -0.332 e. The second kappa shape index (κ2) is 12.0. The number of anilines is 1. The molecule has 1 aromatic heterocycles. The highest BCUT2D eigenvalue weighted by Gasteiger charge is 2.22. The van der Waals surface area contributed by atoms with Crippen molar-refractivity contribution >= 4 is 29.0 Å². The molecule has 3 amide bonds. The Morgan fingerprint density at radius 3 is 2.50 bits per heavy atom. The standard InChI is InChI=1S/C26H27FN4O2S/c1-3-12-30(26(33)29-23-6-4-5-21(14-23)15-28)18-25(32)31(17-24-19(2)11-13-34-24)16-20-7-9-22(27)10-8-20/h4-11,13-14H,3,12,16-18H2,1-2H3,(H,29,33). The van der Waals surface area contributed by atoms with E-state index in [4.69, 9.17) is 5.26 Å². The van der Waals surface area contributed by atoms with Crippen molar-refractivity contribution in [2.24, 2.45) is 0 Å². The van der Waals surface area contributed by atoms with Crippen molar-refractivity contribution in [1.29, 1.82) is 5.26 Å². The van der Waals surface area contributed by atoms with Crippen molar-refractivity contribution in [3.8, 4) is 6.07 Å². The number of carbonyl (C=O) groups excluding carboxylic acids is 2. The van der Waals surface area contributed by atoms with Crippen LogP contribution in [0.3, 0.4) is 0 Å². The van der Waals surface area contributed by atoms with Crippen LogP contribution in [0, 0.1) is 24.1 Å². The van der Waals surface area contributed by atoms with Crippen LogP contribution in [-0.4, -0.2) is 34.8 Å². The van der Waals surface area contributed by atoms with Crippen LogP contribution in [0.2, 0.25) is 0 Å². The first-order valence-electron chi connectivity index (χ1n) is 11.0. The number of rotatable bonds is 9. The summed E-state index contributed by atoms with van der Waals surface area (Å²) in [5.41, 5.74) is 2.84. The molecular formula is C26H27FN4O2S. The van der Waals surface area contributed by atoms with Gasteiger partial charge >= 0.3 is 6.03 Å². The molecule has 0 saturated heterocycles.